The van der Waals surface area contributed by atoms with Crippen LogP contribution in [0.3, 0.4) is 0 Å². The standard InChI is InChI=1S/C21H22N4O3/c1-15-17(11-16-5-3-6-19(27-2)20(16)28-15)12-18(13-22)21(26)24-7-4-9-25-10-8-23-14-25/h3,5-6,8,10-12,14-15H,4,7,9H2,1-2H3,(H,24,26). The van der Waals surface area contributed by atoms with Crippen LogP contribution in [0, 0.1) is 11.3 Å². The summed E-state index contributed by atoms with van der Waals surface area (Å²) < 4.78 is 13.2. The number of imidazole rings is 1. The summed E-state index contributed by atoms with van der Waals surface area (Å²) in [7, 11) is 1.59. The van der Waals surface area contributed by atoms with E-state index in [1.54, 1.807) is 25.7 Å². The van der Waals surface area contributed by atoms with Gasteiger partial charge in [-0.2, -0.15) is 5.26 Å². The normalized spacial score (nSPS) is 15.7. The summed E-state index contributed by atoms with van der Waals surface area (Å²) in [6.07, 6.45) is 9.24. The zero-order valence-electron chi connectivity index (χ0n) is 15.9. The first kappa shape index (κ1) is 19.2. The Hall–Kier alpha value is -3.53. The number of benzene rings is 1. The van der Waals surface area contributed by atoms with Gasteiger partial charge in [0.2, 0.25) is 0 Å². The number of fused-ring (bicyclic) bond motifs is 1. The number of aromatic nitrogens is 2. The van der Waals surface area contributed by atoms with Crippen molar-refractivity contribution in [1.29, 1.82) is 5.26 Å². The van der Waals surface area contributed by atoms with Crippen molar-refractivity contribution in [3.63, 3.8) is 0 Å². The highest BCUT2D eigenvalue weighted by atomic mass is 16.5. The molecular formula is C21H22N4O3. The highest BCUT2D eigenvalue weighted by Gasteiger charge is 2.22. The second-order valence-corrected chi connectivity index (χ2v) is 6.36. The van der Waals surface area contributed by atoms with Crippen molar-refractivity contribution < 1.29 is 14.3 Å². The molecule has 7 heteroatoms. The summed E-state index contributed by atoms with van der Waals surface area (Å²) in [6.45, 7) is 3.09. The summed E-state index contributed by atoms with van der Waals surface area (Å²) in [5, 5.41) is 12.2. The zero-order valence-corrected chi connectivity index (χ0v) is 15.9. The number of carbonyl (C=O) groups excluding carboxylic acids is 1. The predicted octanol–water partition coefficient (Wildman–Crippen LogP) is 2.71. The Morgan fingerprint density at radius 3 is 3.07 bits per heavy atom. The van der Waals surface area contributed by atoms with E-state index in [0.717, 1.165) is 24.1 Å². The lowest BCUT2D eigenvalue weighted by atomic mass is 10.00. The van der Waals surface area contributed by atoms with E-state index < -0.39 is 5.91 Å². The van der Waals surface area contributed by atoms with Crippen molar-refractivity contribution in [3.8, 4) is 17.6 Å². The van der Waals surface area contributed by atoms with Gasteiger partial charge in [0.25, 0.3) is 5.91 Å². The largest absolute Gasteiger partial charge is 0.493 e. The van der Waals surface area contributed by atoms with Crippen molar-refractivity contribution in [2.45, 2.75) is 26.0 Å². The maximum Gasteiger partial charge on any atom is 0.261 e. The first-order valence-electron chi connectivity index (χ1n) is 9.03. The molecular weight excluding hydrogens is 356 g/mol. The summed E-state index contributed by atoms with van der Waals surface area (Å²) >= 11 is 0. The molecule has 1 amide bonds. The van der Waals surface area contributed by atoms with E-state index in [9.17, 15) is 10.1 Å². The van der Waals surface area contributed by atoms with Gasteiger partial charge in [-0.05, 0) is 37.1 Å². The Balaban J connectivity index is 1.68. The van der Waals surface area contributed by atoms with Gasteiger partial charge in [0.1, 0.15) is 17.7 Å². The van der Waals surface area contributed by atoms with Gasteiger partial charge in [0, 0.05) is 31.0 Å². The van der Waals surface area contributed by atoms with Gasteiger partial charge in [-0.1, -0.05) is 12.1 Å². The topological polar surface area (TPSA) is 89.2 Å². The molecule has 1 aliphatic rings. The minimum absolute atomic E-state index is 0.0516. The van der Waals surface area contributed by atoms with Crippen LogP contribution in [-0.2, 0) is 11.3 Å². The first-order chi connectivity index (χ1) is 13.6. The van der Waals surface area contributed by atoms with Crippen LogP contribution in [0.5, 0.6) is 11.5 Å². The van der Waals surface area contributed by atoms with Crippen LogP contribution in [0.1, 0.15) is 18.9 Å². The second-order valence-electron chi connectivity index (χ2n) is 6.36. The van der Waals surface area contributed by atoms with E-state index >= 15 is 0 Å². The molecule has 144 valence electrons. The third kappa shape index (κ3) is 4.41. The number of carbonyl (C=O) groups is 1. The number of nitrogens with zero attached hydrogens (tertiary/aromatic N) is 3. The quantitative estimate of drug-likeness (QED) is 0.455. The minimum Gasteiger partial charge on any atom is -0.493 e. The lowest BCUT2D eigenvalue weighted by Crippen LogP contribution is -2.27. The number of aryl methyl sites for hydroxylation is 1. The molecule has 28 heavy (non-hydrogen) atoms. The monoisotopic (exact) mass is 378 g/mol. The van der Waals surface area contributed by atoms with Gasteiger partial charge >= 0.3 is 0 Å². The average molecular weight is 378 g/mol. The van der Waals surface area contributed by atoms with Crippen LogP contribution in [0.25, 0.3) is 6.08 Å². The van der Waals surface area contributed by atoms with Crippen molar-refractivity contribution in [2.75, 3.05) is 13.7 Å². The van der Waals surface area contributed by atoms with Crippen molar-refractivity contribution in [3.05, 3.63) is 59.7 Å². The Bertz CT molecular complexity index is 939. The number of methoxy groups -OCH3 is 1. The highest BCUT2D eigenvalue weighted by molar-refractivity contribution is 5.98. The number of rotatable bonds is 7. The molecule has 0 radical (unpaired) electrons. The molecule has 0 saturated carbocycles. The molecule has 2 aromatic rings. The van der Waals surface area contributed by atoms with Gasteiger partial charge in [0.15, 0.2) is 11.5 Å². The molecule has 7 nitrogen and oxygen atoms in total. The molecule has 0 bridgehead atoms. The number of para-hydroxylation sites is 1. The lowest BCUT2D eigenvalue weighted by molar-refractivity contribution is -0.117. The number of hydrogen-bond donors (Lipinski definition) is 1. The Kier molecular flexibility index (Phi) is 6.12. The number of ether oxygens (including phenoxy) is 2. The van der Waals surface area contributed by atoms with Gasteiger partial charge in [0.05, 0.1) is 13.4 Å². The molecule has 1 aromatic carbocycles. The van der Waals surface area contributed by atoms with E-state index in [2.05, 4.69) is 10.3 Å². The van der Waals surface area contributed by atoms with E-state index in [1.807, 2.05) is 48.0 Å². The van der Waals surface area contributed by atoms with E-state index in [1.165, 1.54) is 0 Å². The molecule has 1 unspecified atom stereocenters. The fraction of sp³-hybridized carbons (Fsp3) is 0.286. The van der Waals surface area contributed by atoms with Crippen LogP contribution in [0.4, 0.5) is 0 Å². The predicted molar refractivity (Wildman–Crippen MR) is 105 cm³/mol. The summed E-state index contributed by atoms with van der Waals surface area (Å²) in [4.78, 5) is 16.3. The van der Waals surface area contributed by atoms with Crippen molar-refractivity contribution in [2.24, 2.45) is 0 Å². The Labute approximate surface area is 163 Å². The zero-order chi connectivity index (χ0) is 19.9. The molecule has 1 N–H and O–H groups in total. The van der Waals surface area contributed by atoms with E-state index in [-0.39, 0.29) is 11.7 Å². The molecule has 1 aliphatic heterocycles. The Morgan fingerprint density at radius 2 is 2.36 bits per heavy atom. The molecule has 0 fully saturated rings. The SMILES string of the molecule is COc1cccc2c1OC(C)C(C=C(C#N)C(=O)NCCCn1ccnc1)=C2. The molecule has 0 aliphatic carbocycles. The Morgan fingerprint density at radius 1 is 1.50 bits per heavy atom. The van der Waals surface area contributed by atoms with E-state index in [0.29, 0.717) is 18.0 Å². The fourth-order valence-corrected chi connectivity index (χ4v) is 2.93. The van der Waals surface area contributed by atoms with Crippen LogP contribution in [-0.4, -0.2) is 35.2 Å². The third-order valence-electron chi connectivity index (χ3n) is 4.43. The summed E-state index contributed by atoms with van der Waals surface area (Å²) in [6, 6.07) is 7.59. The van der Waals surface area contributed by atoms with E-state index in [4.69, 9.17) is 9.47 Å². The molecule has 1 atom stereocenters. The number of amides is 1. The third-order valence-corrected chi connectivity index (χ3v) is 4.43. The van der Waals surface area contributed by atoms with Crippen LogP contribution >= 0.6 is 0 Å². The molecule has 1 aromatic heterocycles. The van der Waals surface area contributed by atoms with Crippen molar-refractivity contribution >= 4 is 12.0 Å². The summed E-state index contributed by atoms with van der Waals surface area (Å²) in [5.41, 5.74) is 1.66. The first-order valence-corrected chi connectivity index (χ1v) is 9.03. The second kappa shape index (κ2) is 8.91. The molecule has 2 heterocycles. The van der Waals surface area contributed by atoms with Gasteiger partial charge in [-0.3, -0.25) is 4.79 Å². The van der Waals surface area contributed by atoms with Gasteiger partial charge in [-0.15, -0.1) is 0 Å². The number of hydrogen-bond acceptors (Lipinski definition) is 5. The minimum atomic E-state index is -0.391. The summed E-state index contributed by atoms with van der Waals surface area (Å²) in [5.74, 6) is 0.926. The van der Waals surface area contributed by atoms with Gasteiger partial charge in [-0.25, -0.2) is 4.98 Å². The van der Waals surface area contributed by atoms with Crippen molar-refractivity contribution in [1.82, 2.24) is 14.9 Å². The van der Waals surface area contributed by atoms with Crippen LogP contribution in [0.2, 0.25) is 0 Å². The van der Waals surface area contributed by atoms with Gasteiger partial charge < -0.3 is 19.4 Å². The molecule has 0 saturated heterocycles. The maximum atomic E-state index is 12.4. The maximum absolute atomic E-state index is 12.4. The van der Waals surface area contributed by atoms with Crippen LogP contribution < -0.4 is 14.8 Å². The average Bonchev–Trinajstić information content (AvgIpc) is 3.22. The lowest BCUT2D eigenvalue weighted by Gasteiger charge is -2.24. The van der Waals surface area contributed by atoms with Crippen LogP contribution in [0.15, 0.2) is 54.1 Å². The fourth-order valence-electron chi connectivity index (χ4n) is 2.93. The number of nitriles is 1. The molecule has 3 rings (SSSR count). The highest BCUT2D eigenvalue weighted by Crippen LogP contribution is 2.38. The smallest absolute Gasteiger partial charge is 0.261 e. The number of nitrogens with one attached hydrogen (secondary N) is 1. The molecule has 0 spiro atoms.